The van der Waals surface area contributed by atoms with Crippen molar-refractivity contribution in [3.05, 3.63) is 58.6 Å². The SMILES string of the molecule is O=C1Cc2cc(Cl)ccc2SN1c1ccc(CC(P(=O)(O)O)P(=O)(O)O)cc1. The number of carbonyl (C=O) groups excluding carboxylic acids is 1. The van der Waals surface area contributed by atoms with E-state index in [2.05, 4.69) is 0 Å². The molecule has 1 aliphatic heterocycles. The molecule has 3 rings (SSSR count). The van der Waals surface area contributed by atoms with Crippen LogP contribution in [0.25, 0.3) is 0 Å². The van der Waals surface area contributed by atoms with Gasteiger partial charge >= 0.3 is 15.2 Å². The summed E-state index contributed by atoms with van der Waals surface area (Å²) in [7, 11) is -9.99. The topological polar surface area (TPSA) is 135 Å². The molecule has 28 heavy (non-hydrogen) atoms. The van der Waals surface area contributed by atoms with Gasteiger partial charge in [-0.25, -0.2) is 4.31 Å². The first-order valence-corrected chi connectivity index (χ1v) is 12.5. The summed E-state index contributed by atoms with van der Waals surface area (Å²) in [5, 5.41) is -1.55. The van der Waals surface area contributed by atoms with Crippen LogP contribution in [0.4, 0.5) is 5.69 Å². The van der Waals surface area contributed by atoms with Crippen molar-refractivity contribution < 1.29 is 33.5 Å². The third-order valence-corrected chi connectivity index (χ3v) is 9.30. The van der Waals surface area contributed by atoms with E-state index in [0.29, 0.717) is 16.3 Å². The summed E-state index contributed by atoms with van der Waals surface area (Å²) in [6, 6.07) is 11.4. The first-order valence-electron chi connectivity index (χ1n) is 7.94. The van der Waals surface area contributed by atoms with Crippen molar-refractivity contribution in [3.63, 3.8) is 0 Å². The maximum Gasteiger partial charge on any atom is 0.341 e. The average molecular weight is 464 g/mol. The predicted octanol–water partition coefficient (Wildman–Crippen LogP) is 3.16. The lowest BCUT2D eigenvalue weighted by Crippen LogP contribution is -2.29. The molecule has 1 amide bonds. The molecule has 0 bridgehead atoms. The van der Waals surface area contributed by atoms with Crippen molar-refractivity contribution in [1.29, 1.82) is 0 Å². The number of rotatable bonds is 5. The van der Waals surface area contributed by atoms with E-state index in [-0.39, 0.29) is 12.3 Å². The van der Waals surface area contributed by atoms with E-state index in [1.54, 1.807) is 24.3 Å². The molecule has 2 aromatic rings. The Morgan fingerprint density at radius 1 is 1.04 bits per heavy atom. The van der Waals surface area contributed by atoms with Crippen LogP contribution in [-0.2, 0) is 26.8 Å². The van der Waals surface area contributed by atoms with Gasteiger partial charge in [0.2, 0.25) is 5.91 Å². The van der Waals surface area contributed by atoms with Gasteiger partial charge in [0.05, 0.1) is 12.1 Å². The minimum atomic E-state index is -4.99. The molecular weight excluding hydrogens is 448 g/mol. The molecule has 1 aliphatic rings. The van der Waals surface area contributed by atoms with Gasteiger partial charge in [-0.15, -0.1) is 0 Å². The Morgan fingerprint density at radius 3 is 2.21 bits per heavy atom. The number of benzene rings is 2. The van der Waals surface area contributed by atoms with Crippen LogP contribution in [0.2, 0.25) is 5.02 Å². The fourth-order valence-corrected chi connectivity index (χ4v) is 6.39. The Bertz CT molecular complexity index is 983. The number of hydrogen-bond acceptors (Lipinski definition) is 4. The largest absolute Gasteiger partial charge is 0.341 e. The van der Waals surface area contributed by atoms with Crippen molar-refractivity contribution in [3.8, 4) is 0 Å². The van der Waals surface area contributed by atoms with Crippen molar-refractivity contribution in [2.45, 2.75) is 23.1 Å². The van der Waals surface area contributed by atoms with E-state index < -0.39 is 27.0 Å². The zero-order valence-electron chi connectivity index (χ0n) is 14.2. The van der Waals surface area contributed by atoms with Crippen LogP contribution >= 0.6 is 38.7 Å². The molecule has 0 aromatic heterocycles. The molecule has 150 valence electrons. The number of amides is 1. The number of hydrogen-bond donors (Lipinski definition) is 4. The zero-order chi connectivity index (χ0) is 20.7. The lowest BCUT2D eigenvalue weighted by atomic mass is 10.1. The van der Waals surface area contributed by atoms with Gasteiger partial charge in [0.1, 0.15) is 0 Å². The highest BCUT2D eigenvalue weighted by molar-refractivity contribution is 8.01. The van der Waals surface area contributed by atoms with E-state index >= 15 is 0 Å². The van der Waals surface area contributed by atoms with Crippen LogP contribution in [0, 0.1) is 0 Å². The minimum Gasteiger partial charge on any atom is -0.324 e. The normalized spacial score (nSPS) is 15.1. The Balaban J connectivity index is 1.81. The van der Waals surface area contributed by atoms with Crippen LogP contribution in [-0.4, -0.2) is 30.9 Å². The first kappa shape index (κ1) is 21.6. The number of nitrogens with zero attached hydrogens (tertiary/aromatic N) is 1. The van der Waals surface area contributed by atoms with E-state index in [1.807, 2.05) is 6.07 Å². The molecule has 12 heteroatoms. The molecule has 4 N–H and O–H groups in total. The quantitative estimate of drug-likeness (QED) is 0.392. The van der Waals surface area contributed by atoms with Crippen LogP contribution in [0.5, 0.6) is 0 Å². The Morgan fingerprint density at radius 2 is 1.64 bits per heavy atom. The summed E-state index contributed by atoms with van der Waals surface area (Å²) in [6.07, 6.45) is -0.305. The van der Waals surface area contributed by atoms with Crippen LogP contribution < -0.4 is 4.31 Å². The van der Waals surface area contributed by atoms with Gasteiger partial charge in [-0.05, 0) is 59.8 Å². The first-order chi connectivity index (χ1) is 12.9. The molecule has 0 unspecified atom stereocenters. The number of anilines is 1. The summed E-state index contributed by atoms with van der Waals surface area (Å²) < 4.78 is 24.3. The molecule has 0 atom stereocenters. The molecule has 8 nitrogen and oxygen atoms in total. The molecular formula is C16H16ClNO7P2S. The number of halogens is 1. The predicted molar refractivity (Wildman–Crippen MR) is 107 cm³/mol. The van der Waals surface area contributed by atoms with Gasteiger partial charge in [-0.3, -0.25) is 13.9 Å². The Labute approximate surface area is 170 Å². The van der Waals surface area contributed by atoms with E-state index in [9.17, 15) is 33.5 Å². The van der Waals surface area contributed by atoms with Crippen molar-refractivity contribution in [1.82, 2.24) is 0 Å². The lowest BCUT2D eigenvalue weighted by Gasteiger charge is -2.27. The second-order valence-electron chi connectivity index (χ2n) is 6.24. The fourth-order valence-electron chi connectivity index (χ4n) is 2.77. The van der Waals surface area contributed by atoms with Gasteiger partial charge in [-0.2, -0.15) is 0 Å². The summed E-state index contributed by atoms with van der Waals surface area (Å²) in [4.78, 5) is 50.3. The summed E-state index contributed by atoms with van der Waals surface area (Å²) in [5.41, 5.74) is 1.71. The molecule has 0 saturated heterocycles. The van der Waals surface area contributed by atoms with E-state index in [4.69, 9.17) is 11.6 Å². The fraction of sp³-hybridized carbons (Fsp3) is 0.188. The maximum atomic E-state index is 12.5. The average Bonchev–Trinajstić information content (AvgIpc) is 2.57. The van der Waals surface area contributed by atoms with Crippen molar-refractivity contribution in [2.75, 3.05) is 4.31 Å². The van der Waals surface area contributed by atoms with Crippen LogP contribution in [0.1, 0.15) is 11.1 Å². The second-order valence-corrected chi connectivity index (χ2v) is 11.7. The third-order valence-electron chi connectivity index (χ3n) is 4.15. The highest BCUT2D eigenvalue weighted by Crippen LogP contribution is 2.60. The minimum absolute atomic E-state index is 0.157. The summed E-state index contributed by atoms with van der Waals surface area (Å²) in [5.74, 6) is -0.157. The highest BCUT2D eigenvalue weighted by atomic mass is 35.5. The van der Waals surface area contributed by atoms with Gasteiger partial charge in [0, 0.05) is 9.92 Å². The Kier molecular flexibility index (Phi) is 6.11. The van der Waals surface area contributed by atoms with E-state index in [0.717, 1.165) is 10.5 Å². The zero-order valence-corrected chi connectivity index (χ0v) is 17.5. The molecule has 0 aliphatic carbocycles. The molecule has 0 spiro atoms. The second kappa shape index (κ2) is 7.94. The molecule has 0 fully saturated rings. The Hall–Kier alpha value is -1.15. The summed E-state index contributed by atoms with van der Waals surface area (Å²) in [6.45, 7) is 0. The van der Waals surface area contributed by atoms with Gasteiger partial charge < -0.3 is 19.6 Å². The van der Waals surface area contributed by atoms with Gasteiger partial charge in [0.25, 0.3) is 0 Å². The standard InChI is InChI=1S/C16H16ClNO7P2S/c17-12-3-6-14-11(8-12)9-15(19)18(28-14)13-4-1-10(2-5-13)7-16(26(20,21)22)27(23,24)25/h1-6,8,16H,7,9H2,(H2,20,21,22)(H2,23,24,25). The van der Waals surface area contributed by atoms with Crippen molar-refractivity contribution >= 4 is 50.3 Å². The smallest absolute Gasteiger partial charge is 0.324 e. The van der Waals surface area contributed by atoms with Crippen molar-refractivity contribution in [2.24, 2.45) is 0 Å². The monoisotopic (exact) mass is 463 g/mol. The highest BCUT2D eigenvalue weighted by Gasteiger charge is 2.43. The third kappa shape index (κ3) is 4.87. The van der Waals surface area contributed by atoms with E-state index in [1.165, 1.54) is 28.4 Å². The molecule has 0 saturated carbocycles. The molecule has 1 heterocycles. The lowest BCUT2D eigenvalue weighted by molar-refractivity contribution is -0.116. The van der Waals surface area contributed by atoms with Gasteiger partial charge in [0.15, 0.2) is 5.40 Å². The summed E-state index contributed by atoms with van der Waals surface area (Å²) >= 11 is 7.19. The number of fused-ring (bicyclic) bond motifs is 1. The molecule has 2 aromatic carbocycles. The van der Waals surface area contributed by atoms with Gasteiger partial charge in [-0.1, -0.05) is 23.7 Å². The number of carbonyl (C=O) groups is 1. The maximum absolute atomic E-state index is 12.5. The van der Waals surface area contributed by atoms with Crippen LogP contribution in [0.3, 0.4) is 0 Å². The molecule has 0 radical (unpaired) electrons. The van der Waals surface area contributed by atoms with Crippen LogP contribution in [0.15, 0.2) is 47.4 Å².